The molecule has 0 aliphatic carbocycles. The van der Waals surface area contributed by atoms with Gasteiger partial charge in [0.05, 0.1) is 12.6 Å². The molecule has 0 N–H and O–H groups in total. The SMILES string of the molecule is C[C@H]1CCN(C2CN(C(=O)Oc3ccc(Cl)cc3)CC(F)(F)C2)C(=O)C1. The highest BCUT2D eigenvalue weighted by Crippen LogP contribution is 2.32. The Bertz CT molecular complexity index is 684. The Morgan fingerprint density at radius 2 is 2.00 bits per heavy atom. The molecule has 142 valence electrons. The molecule has 5 nitrogen and oxygen atoms in total. The number of halogens is 3. The number of piperidine rings is 2. The summed E-state index contributed by atoms with van der Waals surface area (Å²) < 4.78 is 33.6. The minimum Gasteiger partial charge on any atom is -0.410 e. The first-order valence-electron chi connectivity index (χ1n) is 8.63. The van der Waals surface area contributed by atoms with Crippen molar-refractivity contribution in [2.75, 3.05) is 19.6 Å². The summed E-state index contributed by atoms with van der Waals surface area (Å²) in [6, 6.07) is 5.39. The third-order valence-electron chi connectivity index (χ3n) is 4.81. The largest absolute Gasteiger partial charge is 0.415 e. The van der Waals surface area contributed by atoms with E-state index in [0.29, 0.717) is 18.0 Å². The summed E-state index contributed by atoms with van der Waals surface area (Å²) in [6.07, 6.45) is -0.146. The molecule has 2 aliphatic heterocycles. The third kappa shape index (κ3) is 4.44. The second-order valence-corrected chi connectivity index (χ2v) is 7.54. The van der Waals surface area contributed by atoms with E-state index < -0.39 is 31.0 Å². The van der Waals surface area contributed by atoms with Crippen LogP contribution in [0.25, 0.3) is 0 Å². The first-order chi connectivity index (χ1) is 12.2. The van der Waals surface area contributed by atoms with Crippen molar-refractivity contribution >= 4 is 23.6 Å². The van der Waals surface area contributed by atoms with E-state index in [1.165, 1.54) is 17.0 Å². The number of hydrogen-bond acceptors (Lipinski definition) is 3. The van der Waals surface area contributed by atoms with Crippen molar-refractivity contribution in [1.29, 1.82) is 0 Å². The van der Waals surface area contributed by atoms with Gasteiger partial charge < -0.3 is 9.64 Å². The van der Waals surface area contributed by atoms with Gasteiger partial charge in [-0.3, -0.25) is 9.69 Å². The van der Waals surface area contributed by atoms with Crippen LogP contribution in [0.2, 0.25) is 5.02 Å². The van der Waals surface area contributed by atoms with E-state index in [2.05, 4.69) is 0 Å². The quantitative estimate of drug-likeness (QED) is 0.776. The predicted octanol–water partition coefficient (Wildman–Crippen LogP) is 3.81. The zero-order valence-corrected chi connectivity index (χ0v) is 15.2. The minimum absolute atomic E-state index is 0.0438. The van der Waals surface area contributed by atoms with Gasteiger partial charge >= 0.3 is 6.09 Å². The lowest BCUT2D eigenvalue weighted by molar-refractivity contribution is -0.144. The third-order valence-corrected chi connectivity index (χ3v) is 5.06. The smallest absolute Gasteiger partial charge is 0.410 e. The molecule has 1 unspecified atom stereocenters. The zero-order chi connectivity index (χ0) is 18.9. The van der Waals surface area contributed by atoms with Gasteiger partial charge in [-0.2, -0.15) is 0 Å². The van der Waals surface area contributed by atoms with Gasteiger partial charge in [-0.1, -0.05) is 18.5 Å². The number of amides is 2. The number of carbonyl (C=O) groups excluding carboxylic acids is 2. The maximum atomic E-state index is 14.2. The fraction of sp³-hybridized carbons (Fsp3) is 0.556. The maximum absolute atomic E-state index is 14.2. The number of ether oxygens (including phenoxy) is 1. The Labute approximate surface area is 155 Å². The van der Waals surface area contributed by atoms with Crippen molar-refractivity contribution in [3.05, 3.63) is 29.3 Å². The molecule has 2 atom stereocenters. The molecule has 3 rings (SSSR count). The van der Waals surface area contributed by atoms with E-state index in [9.17, 15) is 18.4 Å². The van der Waals surface area contributed by atoms with E-state index in [1.54, 1.807) is 12.1 Å². The van der Waals surface area contributed by atoms with Crippen molar-refractivity contribution < 1.29 is 23.1 Å². The van der Waals surface area contributed by atoms with E-state index in [-0.39, 0.29) is 24.1 Å². The molecule has 2 heterocycles. The van der Waals surface area contributed by atoms with Crippen molar-refractivity contribution in [3.63, 3.8) is 0 Å². The highest BCUT2D eigenvalue weighted by Gasteiger charge is 2.46. The molecular weight excluding hydrogens is 366 g/mol. The number of rotatable bonds is 2. The van der Waals surface area contributed by atoms with Gasteiger partial charge in [0.2, 0.25) is 5.91 Å². The first-order valence-corrected chi connectivity index (χ1v) is 9.01. The standard InChI is InChI=1S/C18H21ClF2N2O3/c1-12-6-7-23(16(24)8-12)14-9-18(20,21)11-22(10-14)17(25)26-15-4-2-13(19)3-5-15/h2-5,12,14H,6-11H2,1H3/t12-,14?/m0/s1. The number of nitrogens with zero attached hydrogens (tertiary/aromatic N) is 2. The summed E-state index contributed by atoms with van der Waals surface area (Å²) in [5, 5.41) is 0.479. The van der Waals surface area contributed by atoms with Gasteiger partial charge in [0.25, 0.3) is 5.92 Å². The second-order valence-electron chi connectivity index (χ2n) is 7.10. The molecule has 2 amide bonds. The average molecular weight is 387 g/mol. The van der Waals surface area contributed by atoms with Crippen LogP contribution in [-0.4, -0.2) is 53.4 Å². The molecule has 8 heteroatoms. The Kier molecular flexibility index (Phi) is 5.37. The molecule has 0 saturated carbocycles. The normalized spacial score (nSPS) is 25.9. The molecule has 1 aromatic carbocycles. The molecule has 2 fully saturated rings. The van der Waals surface area contributed by atoms with E-state index in [1.807, 2.05) is 6.92 Å². The van der Waals surface area contributed by atoms with Crippen molar-refractivity contribution in [2.45, 2.75) is 38.2 Å². The van der Waals surface area contributed by atoms with Gasteiger partial charge in [-0.25, -0.2) is 13.6 Å². The Morgan fingerprint density at radius 1 is 1.31 bits per heavy atom. The topological polar surface area (TPSA) is 49.9 Å². The Morgan fingerprint density at radius 3 is 2.65 bits per heavy atom. The van der Waals surface area contributed by atoms with Crippen LogP contribution in [0.1, 0.15) is 26.2 Å². The van der Waals surface area contributed by atoms with Crippen LogP contribution in [0.15, 0.2) is 24.3 Å². The number of benzene rings is 1. The molecule has 26 heavy (non-hydrogen) atoms. The number of hydrogen-bond donors (Lipinski definition) is 0. The minimum atomic E-state index is -3.06. The molecule has 0 aromatic heterocycles. The van der Waals surface area contributed by atoms with E-state index in [0.717, 1.165) is 11.3 Å². The monoisotopic (exact) mass is 386 g/mol. The average Bonchev–Trinajstić information content (AvgIpc) is 2.55. The zero-order valence-electron chi connectivity index (χ0n) is 14.5. The summed E-state index contributed by atoms with van der Waals surface area (Å²) in [4.78, 5) is 27.1. The Balaban J connectivity index is 1.70. The lowest BCUT2D eigenvalue weighted by Crippen LogP contribution is -2.59. The second kappa shape index (κ2) is 7.39. The predicted molar refractivity (Wildman–Crippen MR) is 92.5 cm³/mol. The Hall–Kier alpha value is -1.89. The van der Waals surface area contributed by atoms with Crippen LogP contribution in [0.3, 0.4) is 0 Å². The van der Waals surface area contributed by atoms with Crippen LogP contribution in [0.4, 0.5) is 13.6 Å². The molecule has 0 bridgehead atoms. The van der Waals surface area contributed by atoms with Gasteiger partial charge in [-0.05, 0) is 36.6 Å². The lowest BCUT2D eigenvalue weighted by Gasteiger charge is -2.44. The maximum Gasteiger partial charge on any atom is 0.415 e. The molecule has 0 spiro atoms. The van der Waals surface area contributed by atoms with Gasteiger partial charge in [0.1, 0.15) is 5.75 Å². The van der Waals surface area contributed by atoms with Gasteiger partial charge in [0, 0.05) is 31.0 Å². The summed E-state index contributed by atoms with van der Waals surface area (Å²) >= 11 is 5.78. The highest BCUT2D eigenvalue weighted by molar-refractivity contribution is 6.30. The molecule has 1 aromatic rings. The van der Waals surface area contributed by atoms with Crippen LogP contribution < -0.4 is 4.74 Å². The van der Waals surface area contributed by atoms with Gasteiger partial charge in [0.15, 0.2) is 0 Å². The fourth-order valence-electron chi connectivity index (χ4n) is 3.48. The van der Waals surface area contributed by atoms with E-state index >= 15 is 0 Å². The van der Waals surface area contributed by atoms with Crippen molar-refractivity contribution in [2.24, 2.45) is 5.92 Å². The fourth-order valence-corrected chi connectivity index (χ4v) is 3.60. The summed E-state index contributed by atoms with van der Waals surface area (Å²) in [5.74, 6) is -2.70. The summed E-state index contributed by atoms with van der Waals surface area (Å²) in [6.45, 7) is 1.75. The highest BCUT2D eigenvalue weighted by atomic mass is 35.5. The van der Waals surface area contributed by atoms with E-state index in [4.69, 9.17) is 16.3 Å². The molecule has 2 aliphatic rings. The van der Waals surface area contributed by atoms with Crippen LogP contribution in [-0.2, 0) is 4.79 Å². The molecule has 2 saturated heterocycles. The number of carbonyl (C=O) groups is 2. The lowest BCUT2D eigenvalue weighted by atomic mass is 9.94. The number of alkyl halides is 2. The molecule has 0 radical (unpaired) electrons. The van der Waals surface area contributed by atoms with Crippen LogP contribution in [0.5, 0.6) is 5.75 Å². The molecular formula is C18H21ClF2N2O3. The van der Waals surface area contributed by atoms with Crippen molar-refractivity contribution in [3.8, 4) is 5.75 Å². The van der Waals surface area contributed by atoms with Crippen LogP contribution in [0, 0.1) is 5.92 Å². The first kappa shape index (κ1) is 18.9. The van der Waals surface area contributed by atoms with Gasteiger partial charge in [-0.15, -0.1) is 0 Å². The summed E-state index contributed by atoms with van der Waals surface area (Å²) in [5.41, 5.74) is 0. The van der Waals surface area contributed by atoms with Crippen molar-refractivity contribution in [1.82, 2.24) is 9.80 Å². The van der Waals surface area contributed by atoms with Crippen LogP contribution >= 0.6 is 11.6 Å². The number of likely N-dealkylation sites (tertiary alicyclic amines) is 2. The summed E-state index contributed by atoms with van der Waals surface area (Å²) in [7, 11) is 0.